The molecule has 8 aromatic rings. The Bertz CT molecular complexity index is 1900. The van der Waals surface area contributed by atoms with Gasteiger partial charge in [0.1, 0.15) is 0 Å². The molecule has 0 N–H and O–H groups in total. The van der Waals surface area contributed by atoms with Gasteiger partial charge in [0.25, 0.3) is 0 Å². The van der Waals surface area contributed by atoms with Crippen molar-refractivity contribution >= 4 is 53.6 Å². The van der Waals surface area contributed by atoms with Gasteiger partial charge in [-0.25, -0.2) is 0 Å². The van der Waals surface area contributed by atoms with Gasteiger partial charge >= 0.3 is 0 Å². The smallest absolute Gasteiger partial charge is 0.0702 e. The molecule has 0 aliphatic heterocycles. The van der Waals surface area contributed by atoms with E-state index in [1.807, 2.05) is 71.5 Å². The topological polar surface area (TPSA) is 25.8 Å². The summed E-state index contributed by atoms with van der Waals surface area (Å²) in [6.45, 7) is 0. The van der Waals surface area contributed by atoms with Crippen LogP contribution in [0.3, 0.4) is 0 Å². The van der Waals surface area contributed by atoms with E-state index in [0.29, 0.717) is 0 Å². The lowest BCUT2D eigenvalue weighted by Gasteiger charge is -2.02. The maximum absolute atomic E-state index is 4.74. The van der Waals surface area contributed by atoms with E-state index in [0.717, 1.165) is 33.6 Å². The van der Waals surface area contributed by atoms with Crippen molar-refractivity contribution in [3.8, 4) is 43.4 Å². The standard InChI is InChI=1S/C36H22N2S2/c1-3-7-23(8-4-1)31-13-11-25(21-37-31)33-19-29-15-27-18-36-30(16-28(27)17-35(29)39-33)20-34(40-36)26-12-14-32(38-22-26)24-9-5-2-6-10-24/h1-22H. The largest absolute Gasteiger partial charge is 0.256 e. The Morgan fingerprint density at radius 3 is 1.23 bits per heavy atom. The number of benzene rings is 4. The molecular formula is C36H22N2S2. The maximum atomic E-state index is 4.74. The second-order valence-electron chi connectivity index (χ2n) is 9.94. The van der Waals surface area contributed by atoms with Gasteiger partial charge in [-0.3, -0.25) is 9.97 Å². The number of aromatic nitrogens is 2. The lowest BCUT2D eigenvalue weighted by atomic mass is 10.1. The molecule has 0 saturated carbocycles. The SMILES string of the molecule is c1ccc(-c2ccc(-c3cc4cc5cc6sc(-c7ccc(-c8ccccc8)nc7)cc6cc5cc4s3)cn2)cc1. The average molecular weight is 547 g/mol. The van der Waals surface area contributed by atoms with E-state index >= 15 is 0 Å². The van der Waals surface area contributed by atoms with Gasteiger partial charge in [0.15, 0.2) is 0 Å². The predicted molar refractivity (Wildman–Crippen MR) is 172 cm³/mol. The third-order valence-electron chi connectivity index (χ3n) is 7.35. The number of nitrogens with zero attached hydrogens (tertiary/aromatic N) is 2. The van der Waals surface area contributed by atoms with Crippen molar-refractivity contribution in [2.75, 3.05) is 0 Å². The van der Waals surface area contributed by atoms with Crippen molar-refractivity contribution < 1.29 is 0 Å². The van der Waals surface area contributed by atoms with Gasteiger partial charge in [0.05, 0.1) is 11.4 Å². The Morgan fingerprint density at radius 2 is 0.825 bits per heavy atom. The second-order valence-corrected chi connectivity index (χ2v) is 12.1. The Hall–Kier alpha value is -4.64. The highest BCUT2D eigenvalue weighted by molar-refractivity contribution is 7.22. The highest BCUT2D eigenvalue weighted by Crippen LogP contribution is 2.40. The van der Waals surface area contributed by atoms with E-state index in [2.05, 4.69) is 84.9 Å². The summed E-state index contributed by atoms with van der Waals surface area (Å²) in [6, 6.07) is 43.1. The zero-order valence-electron chi connectivity index (χ0n) is 21.4. The lowest BCUT2D eigenvalue weighted by molar-refractivity contribution is 1.33. The lowest BCUT2D eigenvalue weighted by Crippen LogP contribution is -1.83. The molecule has 0 bridgehead atoms. The Labute approximate surface area is 239 Å². The number of thiophene rings is 2. The molecule has 0 aliphatic carbocycles. The molecule has 0 atom stereocenters. The molecule has 40 heavy (non-hydrogen) atoms. The molecular weight excluding hydrogens is 525 g/mol. The summed E-state index contributed by atoms with van der Waals surface area (Å²) in [6.07, 6.45) is 3.98. The molecule has 0 amide bonds. The summed E-state index contributed by atoms with van der Waals surface area (Å²) in [5.74, 6) is 0. The molecule has 0 unspecified atom stereocenters. The number of fused-ring (bicyclic) bond motifs is 3. The van der Waals surface area contributed by atoms with Gasteiger partial charge in [-0.15, -0.1) is 22.7 Å². The second kappa shape index (κ2) is 9.53. The van der Waals surface area contributed by atoms with E-state index in [1.165, 1.54) is 40.7 Å². The van der Waals surface area contributed by atoms with Crippen LogP contribution in [0.1, 0.15) is 0 Å². The Morgan fingerprint density at radius 1 is 0.375 bits per heavy atom. The molecule has 0 spiro atoms. The van der Waals surface area contributed by atoms with Crippen LogP contribution in [0, 0.1) is 0 Å². The zero-order chi connectivity index (χ0) is 26.5. The highest BCUT2D eigenvalue weighted by Gasteiger charge is 2.11. The predicted octanol–water partition coefficient (Wildman–Crippen LogP) is 10.7. The number of hydrogen-bond acceptors (Lipinski definition) is 4. The minimum atomic E-state index is 0.999. The van der Waals surface area contributed by atoms with E-state index < -0.39 is 0 Å². The first-order valence-electron chi connectivity index (χ1n) is 13.2. The summed E-state index contributed by atoms with van der Waals surface area (Å²) in [5, 5.41) is 5.09. The Kier molecular flexibility index (Phi) is 5.54. The van der Waals surface area contributed by atoms with Gasteiger partial charge < -0.3 is 0 Å². The minimum absolute atomic E-state index is 0.999. The van der Waals surface area contributed by atoms with Crippen LogP contribution in [0.2, 0.25) is 0 Å². The molecule has 8 rings (SSSR count). The molecule has 0 aliphatic rings. The van der Waals surface area contributed by atoms with Crippen LogP contribution in [0.15, 0.2) is 134 Å². The van der Waals surface area contributed by atoms with E-state index in [4.69, 9.17) is 9.97 Å². The molecule has 2 nitrogen and oxygen atoms in total. The van der Waals surface area contributed by atoms with Gasteiger partial charge in [0.2, 0.25) is 0 Å². The third-order valence-corrected chi connectivity index (χ3v) is 9.64. The quantitative estimate of drug-likeness (QED) is 0.219. The monoisotopic (exact) mass is 546 g/mol. The number of rotatable bonds is 4. The summed E-state index contributed by atoms with van der Waals surface area (Å²) in [5.41, 5.74) is 6.59. The fraction of sp³-hybridized carbons (Fsp3) is 0. The molecule has 4 aromatic carbocycles. The van der Waals surface area contributed by atoms with Crippen LogP contribution in [-0.2, 0) is 0 Å². The third kappa shape index (κ3) is 4.19. The number of hydrogen-bond donors (Lipinski definition) is 0. The fourth-order valence-corrected chi connectivity index (χ4v) is 7.41. The van der Waals surface area contributed by atoms with Crippen molar-refractivity contribution in [1.82, 2.24) is 9.97 Å². The first kappa shape index (κ1) is 23.3. The van der Waals surface area contributed by atoms with Crippen LogP contribution in [0.4, 0.5) is 0 Å². The number of pyridine rings is 2. The van der Waals surface area contributed by atoms with Crippen molar-refractivity contribution in [1.29, 1.82) is 0 Å². The van der Waals surface area contributed by atoms with Gasteiger partial charge in [-0.05, 0) is 82.2 Å². The van der Waals surface area contributed by atoms with Crippen molar-refractivity contribution in [3.63, 3.8) is 0 Å². The van der Waals surface area contributed by atoms with Gasteiger partial charge in [-0.1, -0.05) is 60.7 Å². The zero-order valence-corrected chi connectivity index (χ0v) is 23.0. The van der Waals surface area contributed by atoms with E-state index in [9.17, 15) is 0 Å². The first-order valence-corrected chi connectivity index (χ1v) is 14.8. The van der Waals surface area contributed by atoms with E-state index in [-0.39, 0.29) is 0 Å². The molecule has 0 radical (unpaired) electrons. The fourth-order valence-electron chi connectivity index (χ4n) is 5.25. The molecule has 4 aromatic heterocycles. The van der Waals surface area contributed by atoms with Crippen LogP contribution in [0.5, 0.6) is 0 Å². The van der Waals surface area contributed by atoms with Crippen LogP contribution >= 0.6 is 22.7 Å². The first-order chi connectivity index (χ1) is 19.8. The van der Waals surface area contributed by atoms with E-state index in [1.54, 1.807) is 0 Å². The Balaban J connectivity index is 1.12. The average Bonchev–Trinajstić information content (AvgIpc) is 3.63. The summed E-state index contributed by atoms with van der Waals surface area (Å²) >= 11 is 3.66. The molecule has 188 valence electrons. The highest BCUT2D eigenvalue weighted by atomic mass is 32.1. The van der Waals surface area contributed by atoms with Crippen LogP contribution in [-0.4, -0.2) is 9.97 Å². The molecule has 0 saturated heterocycles. The normalized spacial score (nSPS) is 11.5. The van der Waals surface area contributed by atoms with Gasteiger partial charge in [-0.2, -0.15) is 0 Å². The minimum Gasteiger partial charge on any atom is -0.256 e. The van der Waals surface area contributed by atoms with Crippen molar-refractivity contribution in [2.24, 2.45) is 0 Å². The summed E-state index contributed by atoms with van der Waals surface area (Å²) in [4.78, 5) is 12.0. The van der Waals surface area contributed by atoms with Crippen LogP contribution < -0.4 is 0 Å². The van der Waals surface area contributed by atoms with Crippen molar-refractivity contribution in [3.05, 3.63) is 134 Å². The summed E-state index contributed by atoms with van der Waals surface area (Å²) < 4.78 is 2.59. The summed E-state index contributed by atoms with van der Waals surface area (Å²) in [7, 11) is 0. The van der Waals surface area contributed by atoms with Gasteiger partial charge in [0, 0.05) is 53.8 Å². The molecule has 0 fully saturated rings. The van der Waals surface area contributed by atoms with Crippen LogP contribution in [0.25, 0.3) is 74.3 Å². The van der Waals surface area contributed by atoms with Crippen molar-refractivity contribution in [2.45, 2.75) is 0 Å². The maximum Gasteiger partial charge on any atom is 0.0702 e. The molecule has 4 heteroatoms. The molecule has 4 heterocycles.